The summed E-state index contributed by atoms with van der Waals surface area (Å²) in [5.74, 6) is 2.69. The van der Waals surface area contributed by atoms with Crippen LogP contribution >= 0.6 is 18.1 Å². The van der Waals surface area contributed by atoms with Gasteiger partial charge in [0.1, 0.15) is 34.3 Å². The lowest BCUT2D eigenvalue weighted by Crippen LogP contribution is -2.23. The number of nitrogens with zero attached hydrogens (tertiary/aromatic N) is 2. The molecule has 0 aliphatic carbocycles. The highest BCUT2D eigenvalue weighted by Gasteiger charge is 2.32. The van der Waals surface area contributed by atoms with Gasteiger partial charge in [0.2, 0.25) is 0 Å². The number of ether oxygens (including phenoxy) is 1. The largest absolute Gasteiger partial charge is 0.488 e. The molecule has 0 amide bonds. The molecule has 284 valence electrons. The Hall–Kier alpha value is -4.46. The van der Waals surface area contributed by atoms with Gasteiger partial charge >= 0.3 is 0 Å². The molecule has 2 atom stereocenters. The Balaban J connectivity index is 1.93. The van der Waals surface area contributed by atoms with Gasteiger partial charge in [0.05, 0.1) is 9.85 Å². The molecule has 0 spiro atoms. The molecule has 0 saturated heterocycles. The van der Waals surface area contributed by atoms with Gasteiger partial charge in [-0.1, -0.05) is 68.4 Å². The van der Waals surface area contributed by atoms with E-state index < -0.39 is 38.9 Å². The number of hydrogen-bond acceptors (Lipinski definition) is 9. The lowest BCUT2D eigenvalue weighted by Gasteiger charge is -2.31. The van der Waals surface area contributed by atoms with Gasteiger partial charge in [-0.05, 0) is 85.0 Å². The van der Waals surface area contributed by atoms with Crippen LogP contribution in [0.15, 0.2) is 72.8 Å². The fraction of sp³-hybridized carbons (Fsp3) is 0.400. The Labute approximate surface area is 315 Å². The van der Waals surface area contributed by atoms with Crippen molar-refractivity contribution in [2.24, 2.45) is 0 Å². The highest BCUT2D eigenvalue weighted by molar-refractivity contribution is 7.27. The van der Waals surface area contributed by atoms with Crippen LogP contribution in [0.3, 0.4) is 0 Å². The van der Waals surface area contributed by atoms with Crippen molar-refractivity contribution >= 4 is 29.4 Å². The maximum Gasteiger partial charge on any atom is 0.275 e. The molecular formula is C40H50N2O9P2. The third kappa shape index (κ3) is 11.0. The van der Waals surface area contributed by atoms with Crippen molar-refractivity contribution in [2.45, 2.75) is 105 Å². The van der Waals surface area contributed by atoms with E-state index in [-0.39, 0.29) is 22.2 Å². The van der Waals surface area contributed by atoms with E-state index in [1.54, 1.807) is 24.3 Å². The molecule has 2 unspecified atom stereocenters. The maximum absolute atomic E-state index is 11.2. The van der Waals surface area contributed by atoms with E-state index in [4.69, 9.17) is 22.8 Å². The Kier molecular flexibility index (Phi) is 12.4. The fourth-order valence-corrected chi connectivity index (χ4v) is 6.46. The molecular weight excluding hydrogens is 714 g/mol. The van der Waals surface area contributed by atoms with Crippen LogP contribution in [0.4, 0.5) is 11.4 Å². The van der Waals surface area contributed by atoms with E-state index in [0.717, 1.165) is 27.8 Å². The van der Waals surface area contributed by atoms with Crippen LogP contribution in [0.25, 0.3) is 11.1 Å². The van der Waals surface area contributed by atoms with Crippen molar-refractivity contribution in [3.63, 3.8) is 0 Å². The molecule has 4 aromatic carbocycles. The lowest BCUT2D eigenvalue weighted by atomic mass is 9.77. The fourth-order valence-electron chi connectivity index (χ4n) is 5.30. The van der Waals surface area contributed by atoms with Crippen molar-refractivity contribution in [3.8, 4) is 39.9 Å². The van der Waals surface area contributed by atoms with E-state index >= 15 is 0 Å². The van der Waals surface area contributed by atoms with Gasteiger partial charge in [0.25, 0.3) is 29.4 Å². The molecule has 0 fully saturated rings. The Morgan fingerprint density at radius 1 is 0.491 bits per heavy atom. The van der Waals surface area contributed by atoms with Crippen molar-refractivity contribution in [2.75, 3.05) is 0 Å². The topological polar surface area (TPSA) is 132 Å². The minimum absolute atomic E-state index is 0.0329. The zero-order valence-corrected chi connectivity index (χ0v) is 34.5. The zero-order chi connectivity index (χ0) is 39.5. The van der Waals surface area contributed by atoms with E-state index in [9.17, 15) is 20.2 Å². The highest BCUT2D eigenvalue weighted by atomic mass is 31.1. The average molecular weight is 765 g/mol. The Morgan fingerprint density at radius 3 is 1.25 bits per heavy atom. The third-order valence-corrected chi connectivity index (χ3v) is 9.26. The summed E-state index contributed by atoms with van der Waals surface area (Å²) in [5.41, 5.74) is 2.83. The van der Waals surface area contributed by atoms with Crippen molar-refractivity contribution in [1.82, 2.24) is 0 Å². The second-order valence-electron chi connectivity index (χ2n) is 16.8. The first-order valence-corrected chi connectivity index (χ1v) is 18.8. The summed E-state index contributed by atoms with van der Waals surface area (Å²) in [7, 11) is -0.976. The number of rotatable bonds is 12. The molecule has 0 aliphatic rings. The molecule has 4 rings (SSSR count). The quantitative estimate of drug-likeness (QED) is 0.0785. The second-order valence-corrected chi connectivity index (χ2v) is 17.9. The van der Waals surface area contributed by atoms with Crippen LogP contribution < -0.4 is 22.8 Å². The van der Waals surface area contributed by atoms with E-state index in [1.165, 1.54) is 24.3 Å². The van der Waals surface area contributed by atoms with Crippen LogP contribution in [0.5, 0.6) is 28.7 Å². The summed E-state index contributed by atoms with van der Waals surface area (Å²) in [6.45, 7) is 25.2. The summed E-state index contributed by atoms with van der Waals surface area (Å²) >= 11 is 0. The summed E-state index contributed by atoms with van der Waals surface area (Å²) < 4.78 is 31.7. The third-order valence-electron chi connectivity index (χ3n) is 8.05. The molecule has 0 saturated carbocycles. The molecule has 53 heavy (non-hydrogen) atoms. The van der Waals surface area contributed by atoms with Crippen LogP contribution in [-0.4, -0.2) is 15.4 Å². The molecule has 13 heteroatoms. The predicted octanol–water partition coefficient (Wildman–Crippen LogP) is 12.2. The van der Waals surface area contributed by atoms with E-state index in [2.05, 4.69) is 74.4 Å². The van der Waals surface area contributed by atoms with Gasteiger partial charge in [0, 0.05) is 46.5 Å². The van der Waals surface area contributed by atoms with Gasteiger partial charge in [-0.15, -0.1) is 0 Å². The van der Waals surface area contributed by atoms with Gasteiger partial charge in [-0.2, -0.15) is 0 Å². The highest BCUT2D eigenvalue weighted by Crippen LogP contribution is 2.51. The maximum atomic E-state index is 11.2. The smallest absolute Gasteiger partial charge is 0.275 e. The van der Waals surface area contributed by atoms with E-state index in [1.807, 2.05) is 32.9 Å². The van der Waals surface area contributed by atoms with Crippen LogP contribution in [-0.2, 0) is 16.2 Å². The summed E-state index contributed by atoms with van der Waals surface area (Å²) in [4.78, 5) is 21.5. The first kappa shape index (κ1) is 41.3. The van der Waals surface area contributed by atoms with Gasteiger partial charge < -0.3 is 22.8 Å². The molecule has 0 bridgehead atoms. The number of nitro benzene ring substituents is 2. The molecule has 0 aliphatic heterocycles. The van der Waals surface area contributed by atoms with Crippen LogP contribution in [0.2, 0.25) is 0 Å². The van der Waals surface area contributed by atoms with Gasteiger partial charge in [0.15, 0.2) is 0 Å². The predicted molar refractivity (Wildman–Crippen MR) is 214 cm³/mol. The van der Waals surface area contributed by atoms with Crippen LogP contribution in [0, 0.1) is 20.2 Å². The summed E-state index contributed by atoms with van der Waals surface area (Å²) in [5, 5.41) is 22.4. The number of non-ortho nitro benzene ring substituents is 2. The average Bonchev–Trinajstić information content (AvgIpc) is 3.03. The zero-order valence-electron chi connectivity index (χ0n) is 32.5. The first-order valence-electron chi connectivity index (χ1n) is 17.2. The molecule has 0 aromatic heterocycles. The lowest BCUT2D eigenvalue weighted by molar-refractivity contribution is -0.385. The molecule has 11 nitrogen and oxygen atoms in total. The van der Waals surface area contributed by atoms with Crippen molar-refractivity contribution in [1.29, 1.82) is 0 Å². The van der Waals surface area contributed by atoms with E-state index in [0.29, 0.717) is 28.7 Å². The second kappa shape index (κ2) is 15.9. The van der Waals surface area contributed by atoms with Crippen molar-refractivity contribution < 1.29 is 32.7 Å². The van der Waals surface area contributed by atoms with Gasteiger partial charge in [-0.25, -0.2) is 0 Å². The number of hydrogen-bond donors (Lipinski definition) is 0. The monoisotopic (exact) mass is 764 g/mol. The molecule has 0 N–H and O–H groups in total. The molecule has 0 heterocycles. The normalized spacial score (nSPS) is 12.7. The van der Waals surface area contributed by atoms with Gasteiger partial charge in [-0.3, -0.25) is 20.2 Å². The minimum Gasteiger partial charge on any atom is -0.488 e. The summed E-state index contributed by atoms with van der Waals surface area (Å²) in [6, 6.07) is 20.0. The Bertz CT molecular complexity index is 1940. The molecule has 4 aromatic rings. The summed E-state index contributed by atoms with van der Waals surface area (Å²) in [6.07, 6.45) is 0. The Morgan fingerprint density at radius 2 is 0.887 bits per heavy atom. The standard InChI is InChI=1S/C40H50N2O9P2/c1-37(2,3)25-21-31(35(33(22-25)38(4,5)6)50-52-48-28-17-13-26(14-18-28)41(43)44)32-23-30(47-40(10,11)12)24-34(39(7,8)9)36(32)51-53-49-29-19-15-27(16-20-29)42(45)46/h13-24,52-53H,1-12H3. The SMILES string of the molecule is CC(C)(C)Oc1cc(-c2cc(C(C)(C)C)cc(C(C)(C)C)c2OPOc2ccc([N+](=O)[O-])cc2)c(OPOc2ccc([N+](=O)[O-])cc2)c(C(C)(C)C)c1. The number of benzene rings is 4. The van der Waals surface area contributed by atoms with Crippen LogP contribution in [0.1, 0.15) is 99.8 Å². The van der Waals surface area contributed by atoms with Crippen molar-refractivity contribution in [3.05, 3.63) is 110 Å². The number of nitro groups is 2. The first-order chi connectivity index (χ1) is 24.4. The minimum atomic E-state index is -0.501. The molecule has 0 radical (unpaired) electrons.